The van der Waals surface area contributed by atoms with E-state index in [1.54, 1.807) is 0 Å². The minimum Gasteiger partial charge on any atom is -0.456 e. The maximum absolute atomic E-state index is 6.60. The molecule has 2 aromatic heterocycles. The molecule has 0 bridgehead atoms. The molecule has 1 aliphatic carbocycles. The molecule has 6 aromatic carbocycles. The smallest absolute Gasteiger partial charge is 0.264 e. The van der Waals surface area contributed by atoms with Gasteiger partial charge >= 0.3 is 0 Å². The molecule has 2 aliphatic heterocycles. The molecule has 8 aromatic rings. The fraction of sp³-hybridized carbons (Fsp3) is 0.309. The summed E-state index contributed by atoms with van der Waals surface area (Å²) < 4.78 is 9.37. The van der Waals surface area contributed by atoms with E-state index in [0.29, 0.717) is 0 Å². The van der Waals surface area contributed by atoms with Crippen molar-refractivity contribution in [3.05, 3.63) is 137 Å². The summed E-state index contributed by atoms with van der Waals surface area (Å²) in [6, 6.07) is 42.1. The summed E-state index contributed by atoms with van der Waals surface area (Å²) >= 11 is 2.00. The van der Waals surface area contributed by atoms with Gasteiger partial charge in [-0.15, -0.1) is 11.3 Å². The predicted octanol–water partition coefficient (Wildman–Crippen LogP) is 14.1. The zero-order chi connectivity index (χ0) is 41.8. The summed E-state index contributed by atoms with van der Waals surface area (Å²) in [5.41, 5.74) is 19.2. The van der Waals surface area contributed by atoms with Gasteiger partial charge in [-0.05, 0) is 141 Å². The largest absolute Gasteiger partial charge is 0.456 e. The van der Waals surface area contributed by atoms with Crippen molar-refractivity contribution < 1.29 is 4.42 Å². The zero-order valence-electron chi connectivity index (χ0n) is 37.1. The molecule has 3 aliphatic rings. The van der Waals surface area contributed by atoms with Gasteiger partial charge in [-0.2, -0.15) is 0 Å². The summed E-state index contributed by atoms with van der Waals surface area (Å²) in [5, 5.41) is 3.65. The third kappa shape index (κ3) is 5.40. The van der Waals surface area contributed by atoms with Crippen LogP contribution in [0.5, 0.6) is 0 Å². The van der Waals surface area contributed by atoms with Gasteiger partial charge < -0.3 is 14.2 Å². The van der Waals surface area contributed by atoms with Crippen LogP contribution in [0, 0.1) is 6.92 Å². The first-order chi connectivity index (χ1) is 28.4. The highest BCUT2D eigenvalue weighted by Crippen LogP contribution is 2.53. The summed E-state index contributed by atoms with van der Waals surface area (Å²) in [5.74, 6) is 0. The number of furan rings is 1. The van der Waals surface area contributed by atoms with Gasteiger partial charge in [0.15, 0.2) is 0 Å². The van der Waals surface area contributed by atoms with Crippen molar-refractivity contribution >= 4 is 99.9 Å². The Kier molecular flexibility index (Phi) is 7.81. The van der Waals surface area contributed by atoms with Gasteiger partial charge in [0.1, 0.15) is 11.2 Å². The highest BCUT2D eigenvalue weighted by molar-refractivity contribution is 7.33. The maximum atomic E-state index is 6.60. The number of aryl methyl sites for hydroxylation is 1. The van der Waals surface area contributed by atoms with Crippen molar-refractivity contribution in [2.75, 3.05) is 9.80 Å². The van der Waals surface area contributed by atoms with Gasteiger partial charge in [0.25, 0.3) is 6.71 Å². The standard InChI is InChI=1S/C55H55BN2OS/c1-32-27-43-49-44(28-32)58(41-16-14-18-46-48(41)36-15-12-13-17-45(36)59-46)42-31-39-38(54(8,9)25-26-55(39,10)11)30-40(42)56(49)51-50(37-29-34(53(5,6)7)21-24-47(37)60-51)57(43)35-22-19-33(20-23-35)52(2,3)4/h12-24,27-31H,25-26H2,1-11H3. The summed E-state index contributed by atoms with van der Waals surface area (Å²) in [4.78, 5) is 5.24. The van der Waals surface area contributed by atoms with Gasteiger partial charge in [-0.25, -0.2) is 0 Å². The highest BCUT2D eigenvalue weighted by Gasteiger charge is 2.48. The molecule has 60 heavy (non-hydrogen) atoms. The molecule has 0 atom stereocenters. The van der Waals surface area contributed by atoms with Crippen molar-refractivity contribution in [3.63, 3.8) is 0 Å². The van der Waals surface area contributed by atoms with Crippen LogP contribution in [-0.2, 0) is 21.7 Å². The van der Waals surface area contributed by atoms with Gasteiger partial charge in [-0.1, -0.05) is 118 Å². The molecule has 0 amide bonds. The lowest BCUT2D eigenvalue weighted by atomic mass is 9.35. The van der Waals surface area contributed by atoms with Gasteiger partial charge in [-0.3, -0.25) is 0 Å². The van der Waals surface area contributed by atoms with E-state index in [0.717, 1.165) is 34.0 Å². The lowest BCUT2D eigenvalue weighted by Crippen LogP contribution is -2.61. The second-order valence-corrected chi connectivity index (χ2v) is 22.5. The lowest BCUT2D eigenvalue weighted by Gasteiger charge is -2.47. The van der Waals surface area contributed by atoms with Crippen LogP contribution < -0.4 is 25.5 Å². The topological polar surface area (TPSA) is 19.6 Å². The lowest BCUT2D eigenvalue weighted by molar-refractivity contribution is 0.332. The normalized spacial score (nSPS) is 16.6. The van der Waals surface area contributed by atoms with Crippen molar-refractivity contribution in [2.24, 2.45) is 0 Å². The van der Waals surface area contributed by atoms with E-state index in [9.17, 15) is 0 Å². The Hall–Kier alpha value is -5.26. The monoisotopic (exact) mass is 802 g/mol. The number of fused-ring (bicyclic) bond motifs is 10. The van der Waals surface area contributed by atoms with Crippen LogP contribution in [0.25, 0.3) is 32.0 Å². The third-order valence-electron chi connectivity index (χ3n) is 14.3. The van der Waals surface area contributed by atoms with E-state index in [2.05, 4.69) is 195 Å². The Labute approximate surface area is 360 Å². The number of hydrogen-bond donors (Lipinski definition) is 0. The van der Waals surface area contributed by atoms with Crippen molar-refractivity contribution in [1.82, 2.24) is 0 Å². The fourth-order valence-corrected chi connectivity index (χ4v) is 12.0. The minimum absolute atomic E-state index is 0.0200. The van der Waals surface area contributed by atoms with Gasteiger partial charge in [0, 0.05) is 43.0 Å². The first-order valence-corrected chi connectivity index (χ1v) is 22.7. The van der Waals surface area contributed by atoms with Crippen LogP contribution in [0.2, 0.25) is 0 Å². The molecule has 0 N–H and O–H groups in total. The SMILES string of the molecule is Cc1cc2c3c(c1)N(c1cccc4oc5ccccc5c14)c1cc4c(cc1B3c1sc3ccc(C(C)(C)C)cc3c1N2c1ccc(C(C)(C)C)cc1)C(C)(C)CCC4(C)C. The number of thiophene rings is 1. The van der Waals surface area contributed by atoms with E-state index < -0.39 is 0 Å². The number of benzene rings is 6. The van der Waals surface area contributed by atoms with Crippen LogP contribution in [0.15, 0.2) is 114 Å². The Bertz CT molecular complexity index is 3090. The first-order valence-electron chi connectivity index (χ1n) is 21.9. The second-order valence-electron chi connectivity index (χ2n) is 21.4. The van der Waals surface area contributed by atoms with E-state index in [-0.39, 0.29) is 28.4 Å². The van der Waals surface area contributed by atoms with E-state index in [1.165, 1.54) is 88.5 Å². The molecule has 0 spiro atoms. The zero-order valence-corrected chi connectivity index (χ0v) is 37.9. The molecule has 5 heteroatoms. The molecule has 4 heterocycles. The summed E-state index contributed by atoms with van der Waals surface area (Å²) in [6.45, 7) is 26.1. The number of hydrogen-bond acceptors (Lipinski definition) is 4. The molecule has 0 saturated heterocycles. The van der Waals surface area contributed by atoms with Crippen molar-refractivity contribution in [1.29, 1.82) is 0 Å². The summed E-state index contributed by atoms with van der Waals surface area (Å²) in [6.07, 6.45) is 2.33. The van der Waals surface area contributed by atoms with Crippen molar-refractivity contribution in [2.45, 2.75) is 111 Å². The second kappa shape index (κ2) is 12.4. The Morgan fingerprint density at radius 3 is 1.93 bits per heavy atom. The molecule has 300 valence electrons. The molecular weight excluding hydrogens is 747 g/mol. The summed E-state index contributed by atoms with van der Waals surface area (Å²) in [7, 11) is 0. The highest BCUT2D eigenvalue weighted by atomic mass is 32.1. The van der Waals surface area contributed by atoms with Crippen LogP contribution in [0.1, 0.15) is 110 Å². The van der Waals surface area contributed by atoms with E-state index in [1.807, 2.05) is 11.3 Å². The van der Waals surface area contributed by atoms with Crippen LogP contribution in [0.3, 0.4) is 0 Å². The molecule has 11 rings (SSSR count). The Balaban J connectivity index is 1.29. The van der Waals surface area contributed by atoms with Crippen LogP contribution in [-0.4, -0.2) is 6.71 Å². The number of nitrogens with zero attached hydrogens (tertiary/aromatic N) is 2. The van der Waals surface area contributed by atoms with Gasteiger partial charge in [0.2, 0.25) is 0 Å². The van der Waals surface area contributed by atoms with Crippen molar-refractivity contribution in [3.8, 4) is 0 Å². The first kappa shape index (κ1) is 37.7. The van der Waals surface area contributed by atoms with Crippen LogP contribution >= 0.6 is 11.3 Å². The van der Waals surface area contributed by atoms with Crippen LogP contribution in [0.4, 0.5) is 34.1 Å². The number of para-hydroxylation sites is 1. The molecular formula is C55H55BN2OS. The molecule has 0 radical (unpaired) electrons. The molecule has 0 unspecified atom stereocenters. The quantitative estimate of drug-likeness (QED) is 0.162. The Morgan fingerprint density at radius 1 is 0.600 bits per heavy atom. The number of anilines is 6. The average Bonchev–Trinajstić information content (AvgIpc) is 3.77. The molecule has 0 saturated carbocycles. The van der Waals surface area contributed by atoms with Gasteiger partial charge in [0.05, 0.1) is 16.8 Å². The third-order valence-corrected chi connectivity index (χ3v) is 15.5. The maximum Gasteiger partial charge on any atom is 0.264 e. The average molecular weight is 803 g/mol. The Morgan fingerprint density at radius 2 is 1.23 bits per heavy atom. The minimum atomic E-state index is 0.0200. The fourth-order valence-electron chi connectivity index (χ4n) is 10.7. The molecule has 3 nitrogen and oxygen atoms in total. The van der Waals surface area contributed by atoms with E-state index in [4.69, 9.17) is 4.42 Å². The number of rotatable bonds is 2. The van der Waals surface area contributed by atoms with E-state index >= 15 is 0 Å². The predicted molar refractivity (Wildman–Crippen MR) is 261 cm³/mol. The molecule has 0 fully saturated rings.